The SMILES string of the molecule is c1ccc(-c2ccc3cc(-c4cccc(-c5nc(-c6ccc7c(ccc8ccccc87)c6)nc(-c6cccc7c6ccc6ccccc67)n5)c4)ccc3c2)cc1. The van der Waals surface area contributed by atoms with Crippen molar-refractivity contribution in [2.75, 3.05) is 0 Å². The Kier molecular flexibility index (Phi) is 7.49. The van der Waals surface area contributed by atoms with E-state index in [1.165, 1.54) is 54.2 Å². The Morgan fingerprint density at radius 1 is 0.214 bits per heavy atom. The summed E-state index contributed by atoms with van der Waals surface area (Å²) in [5.41, 5.74) is 7.54. The highest BCUT2D eigenvalue weighted by Gasteiger charge is 2.16. The quantitative estimate of drug-likeness (QED) is 0.167. The minimum Gasteiger partial charge on any atom is -0.208 e. The molecule has 1 aromatic heterocycles. The Bertz CT molecular complexity index is 3310. The molecular weight excluding hydrogens is 679 g/mol. The molecule has 0 radical (unpaired) electrons. The maximum absolute atomic E-state index is 5.23. The van der Waals surface area contributed by atoms with E-state index in [1.54, 1.807) is 0 Å². The number of rotatable bonds is 5. The Balaban J connectivity index is 1.06. The molecule has 56 heavy (non-hydrogen) atoms. The molecule has 0 amide bonds. The van der Waals surface area contributed by atoms with Gasteiger partial charge >= 0.3 is 0 Å². The van der Waals surface area contributed by atoms with Gasteiger partial charge in [0.05, 0.1) is 0 Å². The molecule has 1 heterocycles. The predicted molar refractivity (Wildman–Crippen MR) is 235 cm³/mol. The Morgan fingerprint density at radius 3 is 1.43 bits per heavy atom. The number of fused-ring (bicyclic) bond motifs is 7. The van der Waals surface area contributed by atoms with Crippen LogP contribution in [0.5, 0.6) is 0 Å². The average molecular weight is 712 g/mol. The van der Waals surface area contributed by atoms with Gasteiger partial charge in [-0.25, -0.2) is 15.0 Å². The van der Waals surface area contributed by atoms with Crippen LogP contribution in [0.1, 0.15) is 0 Å². The highest BCUT2D eigenvalue weighted by atomic mass is 15.0. The van der Waals surface area contributed by atoms with E-state index in [1.807, 2.05) is 0 Å². The van der Waals surface area contributed by atoms with E-state index < -0.39 is 0 Å². The first-order valence-corrected chi connectivity index (χ1v) is 19.0. The van der Waals surface area contributed by atoms with Gasteiger partial charge < -0.3 is 0 Å². The van der Waals surface area contributed by atoms with Crippen molar-refractivity contribution in [1.29, 1.82) is 0 Å². The zero-order chi connectivity index (χ0) is 37.0. The van der Waals surface area contributed by atoms with E-state index in [0.717, 1.165) is 38.6 Å². The summed E-state index contributed by atoms with van der Waals surface area (Å²) >= 11 is 0. The molecular formula is C53H33N3. The topological polar surface area (TPSA) is 38.7 Å². The van der Waals surface area contributed by atoms with Crippen molar-refractivity contribution in [3.8, 4) is 56.4 Å². The zero-order valence-corrected chi connectivity index (χ0v) is 30.4. The third kappa shape index (κ3) is 5.57. The lowest BCUT2D eigenvalue weighted by Crippen LogP contribution is -2.01. The highest BCUT2D eigenvalue weighted by molar-refractivity contribution is 6.12. The summed E-state index contributed by atoms with van der Waals surface area (Å²) in [4.78, 5) is 15.7. The van der Waals surface area contributed by atoms with Gasteiger partial charge in [-0.15, -0.1) is 0 Å². The first-order valence-electron chi connectivity index (χ1n) is 19.0. The lowest BCUT2D eigenvalue weighted by Gasteiger charge is -2.13. The second kappa shape index (κ2) is 13.1. The monoisotopic (exact) mass is 711 g/mol. The average Bonchev–Trinajstić information content (AvgIpc) is 3.28. The van der Waals surface area contributed by atoms with Crippen molar-refractivity contribution in [3.63, 3.8) is 0 Å². The van der Waals surface area contributed by atoms with Crippen LogP contribution < -0.4 is 0 Å². The van der Waals surface area contributed by atoms with Crippen molar-refractivity contribution in [2.45, 2.75) is 0 Å². The van der Waals surface area contributed by atoms with Gasteiger partial charge in [0.25, 0.3) is 0 Å². The minimum atomic E-state index is 0.636. The van der Waals surface area contributed by atoms with E-state index in [4.69, 9.17) is 15.0 Å². The number of hydrogen-bond donors (Lipinski definition) is 0. The summed E-state index contributed by atoms with van der Waals surface area (Å²) in [5.74, 6) is 1.93. The molecule has 0 bridgehead atoms. The Morgan fingerprint density at radius 2 is 0.661 bits per heavy atom. The van der Waals surface area contributed by atoms with Gasteiger partial charge in [-0.2, -0.15) is 0 Å². The largest absolute Gasteiger partial charge is 0.208 e. The highest BCUT2D eigenvalue weighted by Crippen LogP contribution is 2.36. The molecule has 0 saturated heterocycles. The summed E-state index contributed by atoms with van der Waals surface area (Å²) in [6.07, 6.45) is 0. The maximum atomic E-state index is 5.23. The molecule has 0 spiro atoms. The number of aromatic nitrogens is 3. The van der Waals surface area contributed by atoms with Gasteiger partial charge in [0.2, 0.25) is 0 Å². The van der Waals surface area contributed by atoms with Gasteiger partial charge in [-0.3, -0.25) is 0 Å². The lowest BCUT2D eigenvalue weighted by atomic mass is 9.97. The summed E-state index contributed by atoms with van der Waals surface area (Å²) in [6.45, 7) is 0. The first kappa shape index (κ1) is 32.0. The van der Waals surface area contributed by atoms with Gasteiger partial charge in [-0.1, -0.05) is 176 Å². The van der Waals surface area contributed by atoms with Gasteiger partial charge in [-0.05, 0) is 100 Å². The fourth-order valence-corrected chi connectivity index (χ4v) is 8.22. The third-order valence-electron chi connectivity index (χ3n) is 11.1. The van der Waals surface area contributed by atoms with Crippen LogP contribution in [0.4, 0.5) is 0 Å². The third-order valence-corrected chi connectivity index (χ3v) is 11.1. The molecule has 10 aromatic carbocycles. The number of nitrogens with zero attached hydrogens (tertiary/aromatic N) is 3. The van der Waals surface area contributed by atoms with Crippen molar-refractivity contribution in [3.05, 3.63) is 200 Å². The summed E-state index contributed by atoms with van der Waals surface area (Å²) in [5, 5.41) is 11.9. The van der Waals surface area contributed by atoms with E-state index in [-0.39, 0.29) is 0 Å². The fourth-order valence-electron chi connectivity index (χ4n) is 8.22. The summed E-state index contributed by atoms with van der Waals surface area (Å²) in [6, 6.07) is 71.3. The van der Waals surface area contributed by atoms with E-state index >= 15 is 0 Å². The molecule has 0 saturated carbocycles. The molecule has 0 atom stereocenters. The molecule has 0 N–H and O–H groups in total. The van der Waals surface area contributed by atoms with Crippen molar-refractivity contribution >= 4 is 53.9 Å². The van der Waals surface area contributed by atoms with Crippen LogP contribution in [0.15, 0.2) is 200 Å². The molecule has 0 aliphatic carbocycles. The first-order chi connectivity index (χ1) is 27.7. The van der Waals surface area contributed by atoms with Gasteiger partial charge in [0, 0.05) is 16.7 Å². The second-order valence-corrected chi connectivity index (χ2v) is 14.4. The molecule has 11 aromatic rings. The molecule has 0 fully saturated rings. The molecule has 11 rings (SSSR count). The van der Waals surface area contributed by atoms with Crippen molar-refractivity contribution < 1.29 is 0 Å². The normalized spacial score (nSPS) is 11.6. The molecule has 0 aliphatic heterocycles. The minimum absolute atomic E-state index is 0.636. The van der Waals surface area contributed by atoms with E-state index in [2.05, 4.69) is 200 Å². The van der Waals surface area contributed by atoms with Crippen LogP contribution in [0.25, 0.3) is 110 Å². The Hall–Kier alpha value is -7.49. The number of benzene rings is 10. The van der Waals surface area contributed by atoms with Crippen molar-refractivity contribution in [1.82, 2.24) is 15.0 Å². The molecule has 3 heteroatoms. The summed E-state index contributed by atoms with van der Waals surface area (Å²) < 4.78 is 0. The molecule has 0 unspecified atom stereocenters. The smallest absolute Gasteiger partial charge is 0.164 e. The molecule has 260 valence electrons. The standard InChI is InChI=1S/C53H33N3/c1-2-10-34(11-3-1)38-21-22-41-31-39(23-24-40(41)30-38)37-14-8-15-43(32-37)51-54-52(44-27-28-47-42(33-44)25-20-35-12-4-6-16-45(35)47)56-53(55-51)50-19-9-18-48-46-17-7-5-13-36(46)26-29-49(48)50/h1-33H. The predicted octanol–water partition coefficient (Wildman–Crippen LogP) is 14.0. The van der Waals surface area contributed by atoms with Crippen LogP contribution in [0.3, 0.4) is 0 Å². The second-order valence-electron chi connectivity index (χ2n) is 14.4. The fraction of sp³-hybridized carbons (Fsp3) is 0. The van der Waals surface area contributed by atoms with Crippen LogP contribution >= 0.6 is 0 Å². The summed E-state index contributed by atoms with van der Waals surface area (Å²) in [7, 11) is 0. The van der Waals surface area contributed by atoms with E-state index in [9.17, 15) is 0 Å². The van der Waals surface area contributed by atoms with Crippen LogP contribution in [0.2, 0.25) is 0 Å². The van der Waals surface area contributed by atoms with Crippen molar-refractivity contribution in [2.24, 2.45) is 0 Å². The van der Waals surface area contributed by atoms with Crippen LogP contribution in [-0.2, 0) is 0 Å². The molecule has 3 nitrogen and oxygen atoms in total. The zero-order valence-electron chi connectivity index (χ0n) is 30.4. The van der Waals surface area contributed by atoms with Gasteiger partial charge in [0.1, 0.15) is 0 Å². The Labute approximate surface area is 324 Å². The molecule has 0 aliphatic rings. The maximum Gasteiger partial charge on any atom is 0.164 e. The van der Waals surface area contributed by atoms with Crippen LogP contribution in [0, 0.1) is 0 Å². The van der Waals surface area contributed by atoms with Gasteiger partial charge in [0.15, 0.2) is 17.5 Å². The van der Waals surface area contributed by atoms with Crippen LogP contribution in [-0.4, -0.2) is 15.0 Å². The van der Waals surface area contributed by atoms with E-state index in [0.29, 0.717) is 17.5 Å². The number of hydrogen-bond acceptors (Lipinski definition) is 3. The lowest BCUT2D eigenvalue weighted by molar-refractivity contribution is 1.08.